The van der Waals surface area contributed by atoms with Crippen molar-refractivity contribution in [2.24, 2.45) is 0 Å². The molecular formula is C21H16N8O5. The molecule has 1 aromatic heterocycles. The van der Waals surface area contributed by atoms with Gasteiger partial charge in [-0.05, 0) is 29.0 Å². The fourth-order valence-electron chi connectivity index (χ4n) is 3.14. The molecule has 13 heteroatoms. The fourth-order valence-corrected chi connectivity index (χ4v) is 3.14. The summed E-state index contributed by atoms with van der Waals surface area (Å²) in [5, 5.41) is 24.0. The summed E-state index contributed by atoms with van der Waals surface area (Å²) >= 11 is 0. The van der Waals surface area contributed by atoms with Crippen LogP contribution < -0.4 is 21.7 Å². The number of carbonyl (C=O) groups excluding carboxylic acids is 1. The van der Waals surface area contributed by atoms with E-state index in [-0.39, 0.29) is 17.3 Å². The highest BCUT2D eigenvalue weighted by Gasteiger charge is 2.24. The molecule has 3 aromatic carbocycles. The number of hydrazine groups is 2. The Balaban J connectivity index is 1.51. The number of nitro benzene ring substituents is 1. The number of nitrogens with one attached hydrogen (secondary N) is 4. The van der Waals surface area contributed by atoms with Gasteiger partial charge in [0.25, 0.3) is 11.6 Å². The zero-order valence-electron chi connectivity index (χ0n) is 17.3. The van der Waals surface area contributed by atoms with Crippen LogP contribution in [0.3, 0.4) is 0 Å². The van der Waals surface area contributed by atoms with Crippen LogP contribution in [-0.2, 0) is 0 Å². The lowest BCUT2D eigenvalue weighted by Crippen LogP contribution is -2.30. The predicted molar refractivity (Wildman–Crippen MR) is 124 cm³/mol. The summed E-state index contributed by atoms with van der Waals surface area (Å²) in [6.45, 7) is 0. The Kier molecular flexibility index (Phi) is 6.07. The van der Waals surface area contributed by atoms with Crippen LogP contribution in [-0.4, -0.2) is 25.7 Å². The molecule has 0 unspecified atom stereocenters. The van der Waals surface area contributed by atoms with Crippen molar-refractivity contribution in [3.8, 4) is 0 Å². The monoisotopic (exact) mass is 460 g/mol. The van der Waals surface area contributed by atoms with Crippen LogP contribution in [0.5, 0.6) is 0 Å². The first-order valence-electron chi connectivity index (χ1n) is 9.74. The van der Waals surface area contributed by atoms with Gasteiger partial charge in [0.2, 0.25) is 11.6 Å². The van der Waals surface area contributed by atoms with Crippen molar-refractivity contribution in [1.29, 1.82) is 0 Å². The Morgan fingerprint density at radius 1 is 0.765 bits per heavy atom. The average molecular weight is 460 g/mol. The molecule has 0 aliphatic rings. The van der Waals surface area contributed by atoms with E-state index in [1.165, 1.54) is 24.3 Å². The highest BCUT2D eigenvalue weighted by Crippen LogP contribution is 2.28. The molecule has 170 valence electrons. The highest BCUT2D eigenvalue weighted by molar-refractivity contribution is 6.07. The van der Waals surface area contributed by atoms with E-state index in [4.69, 9.17) is 0 Å². The number of nitrogens with zero attached hydrogens (tertiary/aromatic N) is 4. The summed E-state index contributed by atoms with van der Waals surface area (Å²) in [7, 11) is 0. The second-order valence-corrected chi connectivity index (χ2v) is 6.84. The van der Waals surface area contributed by atoms with Crippen LogP contribution in [0.1, 0.15) is 10.4 Å². The number of rotatable bonds is 8. The lowest BCUT2D eigenvalue weighted by atomic mass is 10.0. The number of fused-ring (bicyclic) bond motifs is 1. The molecule has 0 aliphatic heterocycles. The normalized spacial score (nSPS) is 10.4. The Labute approximate surface area is 191 Å². The molecule has 0 fully saturated rings. The summed E-state index contributed by atoms with van der Waals surface area (Å²) in [6.07, 6.45) is 1.07. The molecule has 0 saturated carbocycles. The number of nitro groups is 2. The number of non-ortho nitro benzene ring substituents is 1. The largest absolute Gasteiger partial charge is 0.356 e. The SMILES string of the molecule is O=C(NNc1ncnc(NNc2ccc([N+](=O)[O-])cc2)c1[N+](=O)[O-])c1cccc2ccccc12. The molecule has 1 amide bonds. The van der Waals surface area contributed by atoms with E-state index < -0.39 is 21.4 Å². The first-order chi connectivity index (χ1) is 16.4. The predicted octanol–water partition coefficient (Wildman–Crippen LogP) is 3.64. The molecule has 13 nitrogen and oxygen atoms in total. The van der Waals surface area contributed by atoms with Crippen LogP contribution in [0.2, 0.25) is 0 Å². The topological polar surface area (TPSA) is 177 Å². The Bertz CT molecular complexity index is 1390. The quantitative estimate of drug-likeness (QED) is 0.224. The minimum Gasteiger partial charge on any atom is -0.299 e. The third-order valence-corrected chi connectivity index (χ3v) is 4.74. The maximum Gasteiger partial charge on any atom is 0.356 e. The molecule has 0 aliphatic carbocycles. The molecule has 4 aromatic rings. The van der Waals surface area contributed by atoms with E-state index in [1.807, 2.05) is 18.2 Å². The van der Waals surface area contributed by atoms with E-state index in [1.54, 1.807) is 24.3 Å². The van der Waals surface area contributed by atoms with Gasteiger partial charge in [-0.25, -0.2) is 9.97 Å². The van der Waals surface area contributed by atoms with Crippen molar-refractivity contribution in [3.05, 3.63) is 98.8 Å². The maximum absolute atomic E-state index is 12.7. The number of benzene rings is 3. The standard InChI is InChI=1S/C21H16N8O5/c30-21(17-7-3-5-13-4-1-2-6-16(13)17)27-26-20-18(29(33)34)19(22-12-23-20)25-24-14-8-10-15(11-9-14)28(31)32/h1-12,24H,(H,27,30)(H2,22,23,25,26). The van der Waals surface area contributed by atoms with E-state index in [2.05, 4.69) is 31.7 Å². The minimum atomic E-state index is -0.716. The van der Waals surface area contributed by atoms with Gasteiger partial charge in [-0.3, -0.25) is 46.7 Å². The van der Waals surface area contributed by atoms with Gasteiger partial charge in [0, 0.05) is 17.7 Å². The highest BCUT2D eigenvalue weighted by atomic mass is 16.6. The molecule has 4 N–H and O–H groups in total. The second kappa shape index (κ2) is 9.44. The minimum absolute atomic E-state index is 0.105. The van der Waals surface area contributed by atoms with Crippen molar-refractivity contribution < 1.29 is 14.6 Å². The number of hydrogen-bond donors (Lipinski definition) is 4. The van der Waals surface area contributed by atoms with Crippen molar-refractivity contribution in [3.63, 3.8) is 0 Å². The molecular weight excluding hydrogens is 444 g/mol. The lowest BCUT2D eigenvalue weighted by Gasteiger charge is -2.12. The molecule has 0 radical (unpaired) electrons. The molecule has 4 rings (SSSR count). The summed E-state index contributed by atoms with van der Waals surface area (Å²) in [5.74, 6) is -0.954. The molecule has 0 saturated heterocycles. The zero-order chi connectivity index (χ0) is 24.1. The van der Waals surface area contributed by atoms with E-state index in [9.17, 15) is 25.0 Å². The van der Waals surface area contributed by atoms with Crippen LogP contribution in [0, 0.1) is 20.2 Å². The molecule has 0 atom stereocenters. The zero-order valence-corrected chi connectivity index (χ0v) is 17.3. The molecule has 0 bridgehead atoms. The van der Waals surface area contributed by atoms with Gasteiger partial charge < -0.3 is 0 Å². The van der Waals surface area contributed by atoms with Gasteiger partial charge in [0.1, 0.15) is 6.33 Å². The first-order valence-corrected chi connectivity index (χ1v) is 9.74. The van der Waals surface area contributed by atoms with E-state index in [0.717, 1.165) is 17.1 Å². The van der Waals surface area contributed by atoms with Gasteiger partial charge in [-0.15, -0.1) is 0 Å². The van der Waals surface area contributed by atoms with Crippen LogP contribution in [0.15, 0.2) is 73.1 Å². The van der Waals surface area contributed by atoms with Crippen LogP contribution in [0.4, 0.5) is 28.7 Å². The molecule has 34 heavy (non-hydrogen) atoms. The van der Waals surface area contributed by atoms with Gasteiger partial charge in [0.15, 0.2) is 0 Å². The van der Waals surface area contributed by atoms with E-state index in [0.29, 0.717) is 11.3 Å². The number of amides is 1. The van der Waals surface area contributed by atoms with Gasteiger partial charge in [0.05, 0.1) is 15.5 Å². The van der Waals surface area contributed by atoms with Crippen molar-refractivity contribution in [2.75, 3.05) is 16.3 Å². The second-order valence-electron chi connectivity index (χ2n) is 6.84. The third-order valence-electron chi connectivity index (χ3n) is 4.74. The third kappa shape index (κ3) is 4.62. The molecule has 1 heterocycles. The van der Waals surface area contributed by atoms with E-state index >= 15 is 0 Å². The summed E-state index contributed by atoms with van der Waals surface area (Å²) in [4.78, 5) is 41.6. The van der Waals surface area contributed by atoms with Crippen LogP contribution in [0.25, 0.3) is 10.8 Å². The average Bonchev–Trinajstić information content (AvgIpc) is 2.85. The maximum atomic E-state index is 12.7. The van der Waals surface area contributed by atoms with Crippen molar-refractivity contribution >= 4 is 45.4 Å². The first kappa shape index (κ1) is 21.9. The smallest absolute Gasteiger partial charge is 0.299 e. The van der Waals surface area contributed by atoms with Crippen molar-refractivity contribution in [1.82, 2.24) is 15.4 Å². The number of carbonyl (C=O) groups is 1. The molecule has 0 spiro atoms. The van der Waals surface area contributed by atoms with Crippen molar-refractivity contribution in [2.45, 2.75) is 0 Å². The fraction of sp³-hybridized carbons (Fsp3) is 0. The summed E-state index contributed by atoms with van der Waals surface area (Å²) < 4.78 is 0. The van der Waals surface area contributed by atoms with Gasteiger partial charge >= 0.3 is 5.69 Å². The summed E-state index contributed by atoms with van der Waals surface area (Å²) in [6, 6.07) is 17.9. The lowest BCUT2D eigenvalue weighted by molar-refractivity contribution is -0.384. The Morgan fingerprint density at radius 2 is 1.44 bits per heavy atom. The van der Waals surface area contributed by atoms with Gasteiger partial charge in [-0.2, -0.15) is 0 Å². The Hall–Kier alpha value is -5.33. The number of aromatic nitrogens is 2. The van der Waals surface area contributed by atoms with Crippen LogP contribution >= 0.6 is 0 Å². The number of hydrogen-bond acceptors (Lipinski definition) is 10. The Morgan fingerprint density at radius 3 is 2.15 bits per heavy atom. The number of anilines is 3. The summed E-state index contributed by atoms with van der Waals surface area (Å²) in [5.41, 5.74) is 10.3. The van der Waals surface area contributed by atoms with Gasteiger partial charge in [-0.1, -0.05) is 36.4 Å².